The molecule has 0 aliphatic heterocycles. The maximum absolute atomic E-state index is 13.3. The second-order valence-corrected chi connectivity index (χ2v) is 9.09. The minimum atomic E-state index is -3.66. The Balaban J connectivity index is 2.11. The SMILES string of the molecule is COC[C@]1(C(N)=S)[C@H](c2ccccc2)[C@H]1S(=O)(=O)c1ccc(Cl)cc1. The molecule has 2 aromatic carbocycles. The van der Waals surface area contributed by atoms with Crippen molar-refractivity contribution in [3.8, 4) is 0 Å². The molecule has 0 radical (unpaired) electrons. The lowest BCUT2D eigenvalue weighted by Crippen LogP contribution is -2.33. The van der Waals surface area contributed by atoms with E-state index in [1.54, 1.807) is 12.1 Å². The first kappa shape index (κ1) is 18.3. The molecule has 1 saturated carbocycles. The Morgan fingerprint density at radius 1 is 1.20 bits per heavy atom. The van der Waals surface area contributed by atoms with Crippen LogP contribution in [0.3, 0.4) is 0 Å². The zero-order chi connectivity index (χ0) is 18.2. The molecule has 1 fully saturated rings. The molecule has 2 aromatic rings. The van der Waals surface area contributed by atoms with Gasteiger partial charge in [-0.2, -0.15) is 0 Å². The molecule has 0 heterocycles. The molecule has 132 valence electrons. The number of methoxy groups -OCH3 is 1. The Bertz CT molecular complexity index is 884. The van der Waals surface area contributed by atoms with Crippen LogP contribution in [-0.2, 0) is 14.6 Å². The maximum Gasteiger partial charge on any atom is 0.182 e. The smallest absolute Gasteiger partial charge is 0.182 e. The van der Waals surface area contributed by atoms with E-state index in [4.69, 9.17) is 34.3 Å². The van der Waals surface area contributed by atoms with Gasteiger partial charge in [0.25, 0.3) is 0 Å². The number of rotatable bonds is 6. The predicted octanol–water partition coefficient (Wildman–Crippen LogP) is 3.20. The first-order valence-corrected chi connectivity index (χ1v) is 10.0. The Morgan fingerprint density at radius 3 is 2.32 bits per heavy atom. The van der Waals surface area contributed by atoms with Gasteiger partial charge in [0.05, 0.1) is 27.2 Å². The summed E-state index contributed by atoms with van der Waals surface area (Å²) in [6, 6.07) is 15.6. The van der Waals surface area contributed by atoms with Crippen LogP contribution in [-0.4, -0.2) is 32.4 Å². The van der Waals surface area contributed by atoms with Gasteiger partial charge in [-0.1, -0.05) is 54.2 Å². The van der Waals surface area contributed by atoms with Gasteiger partial charge in [0.15, 0.2) is 9.84 Å². The highest BCUT2D eigenvalue weighted by molar-refractivity contribution is 7.92. The van der Waals surface area contributed by atoms with Crippen molar-refractivity contribution < 1.29 is 13.2 Å². The predicted molar refractivity (Wildman–Crippen MR) is 103 cm³/mol. The summed E-state index contributed by atoms with van der Waals surface area (Å²) >= 11 is 11.1. The lowest BCUT2D eigenvalue weighted by molar-refractivity contribution is 0.166. The quantitative estimate of drug-likeness (QED) is 0.760. The summed E-state index contributed by atoms with van der Waals surface area (Å²) < 4.78 is 31.9. The Morgan fingerprint density at radius 2 is 1.80 bits per heavy atom. The molecule has 1 aliphatic carbocycles. The van der Waals surface area contributed by atoms with Crippen molar-refractivity contribution in [1.82, 2.24) is 0 Å². The molecule has 0 bridgehead atoms. The van der Waals surface area contributed by atoms with Crippen LogP contribution in [0.25, 0.3) is 0 Å². The Kier molecular flexibility index (Phi) is 4.90. The number of nitrogens with two attached hydrogens (primary N) is 1. The van der Waals surface area contributed by atoms with Crippen molar-refractivity contribution in [3.05, 3.63) is 65.2 Å². The highest BCUT2D eigenvalue weighted by Gasteiger charge is 2.73. The normalized spacial score (nSPS) is 25.5. The Labute approximate surface area is 157 Å². The number of benzene rings is 2. The molecular weight excluding hydrogens is 378 g/mol. The Hall–Kier alpha value is -1.47. The number of ether oxygens (including phenoxy) is 1. The zero-order valence-electron chi connectivity index (χ0n) is 13.6. The van der Waals surface area contributed by atoms with Crippen LogP contribution in [0, 0.1) is 5.41 Å². The van der Waals surface area contributed by atoms with Crippen LogP contribution in [0.5, 0.6) is 0 Å². The maximum atomic E-state index is 13.3. The number of hydrogen-bond acceptors (Lipinski definition) is 4. The lowest BCUT2D eigenvalue weighted by Gasteiger charge is -2.16. The van der Waals surface area contributed by atoms with Gasteiger partial charge in [0.2, 0.25) is 0 Å². The van der Waals surface area contributed by atoms with Gasteiger partial charge in [-0.3, -0.25) is 0 Å². The van der Waals surface area contributed by atoms with Crippen molar-refractivity contribution in [3.63, 3.8) is 0 Å². The van der Waals surface area contributed by atoms with Gasteiger partial charge < -0.3 is 10.5 Å². The highest BCUT2D eigenvalue weighted by atomic mass is 35.5. The summed E-state index contributed by atoms with van der Waals surface area (Å²) in [5.41, 5.74) is 5.97. The van der Waals surface area contributed by atoms with E-state index in [0.717, 1.165) is 5.56 Å². The van der Waals surface area contributed by atoms with Crippen LogP contribution in [0.2, 0.25) is 5.02 Å². The average molecular weight is 396 g/mol. The van der Waals surface area contributed by atoms with E-state index >= 15 is 0 Å². The van der Waals surface area contributed by atoms with Crippen LogP contribution in [0.15, 0.2) is 59.5 Å². The molecule has 1 aliphatic rings. The third kappa shape index (κ3) is 2.97. The number of hydrogen-bond donors (Lipinski definition) is 1. The van der Waals surface area contributed by atoms with Crippen LogP contribution < -0.4 is 5.73 Å². The van der Waals surface area contributed by atoms with E-state index in [1.807, 2.05) is 30.3 Å². The van der Waals surface area contributed by atoms with Crippen LogP contribution >= 0.6 is 23.8 Å². The summed E-state index contributed by atoms with van der Waals surface area (Å²) in [5, 5.41) is -0.284. The molecule has 3 atom stereocenters. The summed E-state index contributed by atoms with van der Waals surface area (Å²) in [7, 11) is -2.14. The molecule has 3 rings (SSSR count). The second kappa shape index (κ2) is 6.68. The van der Waals surface area contributed by atoms with Crippen molar-refractivity contribution in [1.29, 1.82) is 0 Å². The topological polar surface area (TPSA) is 69.4 Å². The molecule has 0 aromatic heterocycles. The standard InChI is InChI=1S/C18H18ClNO3S2/c1-23-11-18(17(20)24)15(12-5-3-2-4-6-12)16(18)25(21,22)14-9-7-13(19)8-10-14/h2-10,15-16H,11H2,1H3,(H2,20,24)/t15-,16-,18+/m1/s1. The fourth-order valence-corrected chi connectivity index (χ4v) is 6.44. The van der Waals surface area contributed by atoms with Crippen molar-refractivity contribution >= 4 is 38.6 Å². The summed E-state index contributed by atoms with van der Waals surface area (Å²) in [4.78, 5) is 0.364. The van der Waals surface area contributed by atoms with Crippen molar-refractivity contribution in [2.24, 2.45) is 11.1 Å². The van der Waals surface area contributed by atoms with Gasteiger partial charge in [-0.15, -0.1) is 0 Å². The van der Waals surface area contributed by atoms with E-state index in [2.05, 4.69) is 0 Å². The van der Waals surface area contributed by atoms with Crippen molar-refractivity contribution in [2.75, 3.05) is 13.7 Å². The average Bonchev–Trinajstić information content (AvgIpc) is 3.27. The first-order chi connectivity index (χ1) is 11.9. The van der Waals surface area contributed by atoms with E-state index in [-0.39, 0.29) is 22.4 Å². The zero-order valence-corrected chi connectivity index (χ0v) is 15.9. The third-order valence-electron chi connectivity index (χ3n) is 4.73. The molecule has 0 unspecified atom stereocenters. The third-order valence-corrected chi connectivity index (χ3v) is 7.66. The fourth-order valence-electron chi connectivity index (χ4n) is 3.54. The van der Waals surface area contributed by atoms with Gasteiger partial charge >= 0.3 is 0 Å². The minimum absolute atomic E-state index is 0.152. The molecule has 0 spiro atoms. The number of thiocarbonyl (C=S) groups is 1. The summed E-state index contributed by atoms with van der Waals surface area (Å²) in [6.45, 7) is 0.152. The van der Waals surface area contributed by atoms with Gasteiger partial charge in [0, 0.05) is 18.1 Å². The van der Waals surface area contributed by atoms with Gasteiger partial charge in [-0.05, 0) is 29.8 Å². The second-order valence-electron chi connectivity index (χ2n) is 6.15. The molecule has 25 heavy (non-hydrogen) atoms. The molecule has 7 heteroatoms. The lowest BCUT2D eigenvalue weighted by atomic mass is 10.00. The van der Waals surface area contributed by atoms with Gasteiger partial charge in [0.1, 0.15) is 0 Å². The van der Waals surface area contributed by atoms with Crippen LogP contribution in [0.1, 0.15) is 11.5 Å². The fraction of sp³-hybridized carbons (Fsp3) is 0.278. The number of sulfone groups is 1. The molecule has 0 saturated heterocycles. The van der Waals surface area contributed by atoms with E-state index < -0.39 is 20.5 Å². The molecular formula is C18H18ClNO3S2. The van der Waals surface area contributed by atoms with E-state index in [9.17, 15) is 8.42 Å². The largest absolute Gasteiger partial charge is 0.393 e. The summed E-state index contributed by atoms with van der Waals surface area (Å²) in [5.74, 6) is -0.341. The molecule has 0 amide bonds. The highest BCUT2D eigenvalue weighted by Crippen LogP contribution is 2.64. The molecule has 2 N–H and O–H groups in total. The van der Waals surface area contributed by atoms with E-state index in [0.29, 0.717) is 5.02 Å². The number of halogens is 1. The molecule has 4 nitrogen and oxygen atoms in total. The van der Waals surface area contributed by atoms with Crippen molar-refractivity contribution in [2.45, 2.75) is 16.1 Å². The monoisotopic (exact) mass is 395 g/mol. The van der Waals surface area contributed by atoms with E-state index in [1.165, 1.54) is 19.2 Å². The first-order valence-electron chi connectivity index (χ1n) is 7.69. The minimum Gasteiger partial charge on any atom is -0.393 e. The van der Waals surface area contributed by atoms with Gasteiger partial charge in [-0.25, -0.2) is 8.42 Å². The van der Waals surface area contributed by atoms with Crippen LogP contribution in [0.4, 0.5) is 0 Å². The summed E-state index contributed by atoms with van der Waals surface area (Å²) in [6.07, 6.45) is 0.